The van der Waals surface area contributed by atoms with E-state index in [-0.39, 0.29) is 18.1 Å². The number of pyridine rings is 1. The van der Waals surface area contributed by atoms with Crippen LogP contribution in [0.5, 0.6) is 0 Å². The lowest BCUT2D eigenvalue weighted by molar-refractivity contribution is 0.144. The summed E-state index contributed by atoms with van der Waals surface area (Å²) < 4.78 is 0. The Labute approximate surface area is 217 Å². The van der Waals surface area contributed by atoms with Crippen LogP contribution < -0.4 is 15.1 Å². The number of hydrogen-bond acceptors (Lipinski definition) is 8. The highest BCUT2D eigenvalue weighted by molar-refractivity contribution is 5.89. The zero-order valence-electron chi connectivity index (χ0n) is 21.9. The fourth-order valence-corrected chi connectivity index (χ4v) is 5.96. The number of hydrogen-bond donors (Lipinski definition) is 2. The minimum Gasteiger partial charge on any atom is -0.354 e. The van der Waals surface area contributed by atoms with Crippen molar-refractivity contribution in [2.75, 3.05) is 55.6 Å². The van der Waals surface area contributed by atoms with Crippen molar-refractivity contribution in [1.82, 2.24) is 40.3 Å². The number of rotatable bonds is 3. The second kappa shape index (κ2) is 9.77. The largest absolute Gasteiger partial charge is 0.354 e. The minimum atomic E-state index is 0.102. The number of aromatic nitrogens is 5. The number of fused-ring (bicyclic) bond motifs is 1. The molecule has 0 spiro atoms. The van der Waals surface area contributed by atoms with Gasteiger partial charge in [-0.2, -0.15) is 5.10 Å². The normalized spacial score (nSPS) is 24.8. The molecule has 3 atom stereocenters. The molecule has 3 aliphatic heterocycles. The molecule has 2 amide bonds. The number of nitrogens with zero attached hydrogens (tertiary/aromatic N) is 8. The average molecular weight is 505 g/mol. The lowest BCUT2D eigenvalue weighted by Gasteiger charge is -2.45. The van der Waals surface area contributed by atoms with E-state index in [9.17, 15) is 4.79 Å². The first-order chi connectivity index (χ1) is 18.0. The van der Waals surface area contributed by atoms with Gasteiger partial charge in [-0.25, -0.2) is 19.7 Å². The third-order valence-electron chi connectivity index (χ3n) is 7.80. The number of aromatic amines is 1. The predicted octanol–water partition coefficient (Wildman–Crippen LogP) is 2.33. The molecule has 0 radical (unpaired) electrons. The molecule has 6 heterocycles. The molecule has 3 aromatic rings. The van der Waals surface area contributed by atoms with Crippen molar-refractivity contribution in [1.29, 1.82) is 0 Å². The van der Waals surface area contributed by atoms with Gasteiger partial charge in [0.1, 0.15) is 22.5 Å². The number of carbonyl (C=O) groups is 1. The molecule has 2 N–H and O–H groups in total. The van der Waals surface area contributed by atoms with Crippen LogP contribution in [0.15, 0.2) is 24.5 Å². The first kappa shape index (κ1) is 23.9. The molecule has 196 valence electrons. The van der Waals surface area contributed by atoms with Crippen molar-refractivity contribution >= 4 is 28.8 Å². The molecule has 3 fully saturated rings. The molecule has 0 bridgehead atoms. The van der Waals surface area contributed by atoms with Gasteiger partial charge < -0.3 is 24.9 Å². The number of amides is 2. The monoisotopic (exact) mass is 504 g/mol. The summed E-state index contributed by atoms with van der Waals surface area (Å²) in [4.78, 5) is 35.9. The number of urea groups is 1. The molecule has 3 aromatic heterocycles. The zero-order chi connectivity index (χ0) is 25.5. The van der Waals surface area contributed by atoms with Gasteiger partial charge in [0, 0.05) is 75.7 Å². The Bertz CT molecular complexity index is 1240. The van der Waals surface area contributed by atoms with Crippen LogP contribution >= 0.6 is 0 Å². The molecule has 0 aliphatic carbocycles. The van der Waals surface area contributed by atoms with E-state index >= 15 is 0 Å². The van der Waals surface area contributed by atoms with Crippen LogP contribution in [0, 0.1) is 0 Å². The average Bonchev–Trinajstić information content (AvgIpc) is 3.58. The molecular formula is C26H36N10O. The Balaban J connectivity index is 1.22. The summed E-state index contributed by atoms with van der Waals surface area (Å²) in [5.41, 5.74) is 3.27. The van der Waals surface area contributed by atoms with E-state index in [4.69, 9.17) is 9.97 Å². The maximum atomic E-state index is 13.0. The van der Waals surface area contributed by atoms with E-state index in [0.717, 1.165) is 73.7 Å². The SMILES string of the molecule is CC1CN(c2ccc(-c3n[nH]c4cnc(N5[C@H](C)CN(C(=O)N6CCCC6)C[C@@H]5C)nc34)cn2)CCN1. The molecule has 3 aliphatic rings. The van der Waals surface area contributed by atoms with Gasteiger partial charge in [0.25, 0.3) is 0 Å². The van der Waals surface area contributed by atoms with Crippen molar-refractivity contribution in [2.24, 2.45) is 0 Å². The van der Waals surface area contributed by atoms with Gasteiger partial charge in [-0.3, -0.25) is 5.10 Å². The van der Waals surface area contributed by atoms with E-state index in [0.29, 0.717) is 25.1 Å². The van der Waals surface area contributed by atoms with Gasteiger partial charge in [-0.15, -0.1) is 0 Å². The van der Waals surface area contributed by atoms with Gasteiger partial charge in [0.2, 0.25) is 5.95 Å². The Morgan fingerprint density at radius 2 is 1.73 bits per heavy atom. The van der Waals surface area contributed by atoms with Crippen LogP contribution in [0.4, 0.5) is 16.6 Å². The summed E-state index contributed by atoms with van der Waals surface area (Å²) in [6.45, 7) is 12.4. The van der Waals surface area contributed by atoms with Gasteiger partial charge in [0.15, 0.2) is 0 Å². The quantitative estimate of drug-likeness (QED) is 0.559. The number of piperazine rings is 2. The molecule has 0 saturated carbocycles. The van der Waals surface area contributed by atoms with Crippen molar-refractivity contribution in [3.63, 3.8) is 0 Å². The lowest BCUT2D eigenvalue weighted by Crippen LogP contribution is -2.60. The fourth-order valence-electron chi connectivity index (χ4n) is 5.96. The second-order valence-electron chi connectivity index (χ2n) is 10.7. The second-order valence-corrected chi connectivity index (χ2v) is 10.7. The van der Waals surface area contributed by atoms with Crippen LogP contribution in [0.1, 0.15) is 33.6 Å². The van der Waals surface area contributed by atoms with Crippen molar-refractivity contribution in [2.45, 2.75) is 51.7 Å². The van der Waals surface area contributed by atoms with Gasteiger partial charge >= 0.3 is 6.03 Å². The topological polar surface area (TPSA) is 109 Å². The highest BCUT2D eigenvalue weighted by Gasteiger charge is 2.35. The highest BCUT2D eigenvalue weighted by Crippen LogP contribution is 2.29. The number of nitrogens with one attached hydrogen (secondary N) is 2. The van der Waals surface area contributed by atoms with E-state index < -0.39 is 0 Å². The van der Waals surface area contributed by atoms with E-state index in [1.54, 1.807) is 6.20 Å². The third kappa shape index (κ3) is 4.56. The van der Waals surface area contributed by atoms with Crippen molar-refractivity contribution in [3.8, 4) is 11.3 Å². The molecule has 6 rings (SSSR count). The predicted molar refractivity (Wildman–Crippen MR) is 144 cm³/mol. The van der Waals surface area contributed by atoms with Crippen molar-refractivity contribution < 1.29 is 4.79 Å². The van der Waals surface area contributed by atoms with Crippen LogP contribution in [0.2, 0.25) is 0 Å². The Morgan fingerprint density at radius 1 is 0.946 bits per heavy atom. The molecule has 1 unspecified atom stereocenters. The number of H-pyrrole nitrogens is 1. The summed E-state index contributed by atoms with van der Waals surface area (Å²) >= 11 is 0. The first-order valence-corrected chi connectivity index (χ1v) is 13.5. The molecule has 11 heteroatoms. The van der Waals surface area contributed by atoms with Gasteiger partial charge in [-0.05, 0) is 45.7 Å². The number of anilines is 2. The molecule has 37 heavy (non-hydrogen) atoms. The van der Waals surface area contributed by atoms with Crippen LogP contribution in [-0.2, 0) is 0 Å². The number of likely N-dealkylation sites (tertiary alicyclic amines) is 1. The summed E-state index contributed by atoms with van der Waals surface area (Å²) in [6, 6.07) is 4.95. The summed E-state index contributed by atoms with van der Waals surface area (Å²) in [5.74, 6) is 1.65. The Hall–Kier alpha value is -3.47. The Morgan fingerprint density at radius 3 is 2.43 bits per heavy atom. The lowest BCUT2D eigenvalue weighted by atomic mass is 10.1. The van der Waals surface area contributed by atoms with Gasteiger partial charge in [-0.1, -0.05) is 0 Å². The van der Waals surface area contributed by atoms with E-state index in [2.05, 4.69) is 63.2 Å². The van der Waals surface area contributed by atoms with Crippen LogP contribution in [0.25, 0.3) is 22.3 Å². The third-order valence-corrected chi connectivity index (χ3v) is 7.80. The Kier molecular flexibility index (Phi) is 6.31. The molecular weight excluding hydrogens is 468 g/mol. The van der Waals surface area contributed by atoms with E-state index in [1.807, 2.05) is 16.0 Å². The van der Waals surface area contributed by atoms with Crippen molar-refractivity contribution in [3.05, 3.63) is 24.5 Å². The van der Waals surface area contributed by atoms with Crippen LogP contribution in [-0.4, -0.2) is 105 Å². The van der Waals surface area contributed by atoms with Crippen LogP contribution in [0.3, 0.4) is 0 Å². The standard InChI is InChI=1S/C26H36N10O/c1-17-14-34(11-8-27-17)22-7-6-20(12-28-22)23-24-21(31-32-23)13-29-25(30-24)36-18(2)15-35(16-19(36)3)26(37)33-9-4-5-10-33/h6-7,12-13,17-19,27H,4-5,8-11,14-16H2,1-3H3,(H,31,32)/t17?,18-,19+. The zero-order valence-corrected chi connectivity index (χ0v) is 21.9. The summed E-state index contributed by atoms with van der Waals surface area (Å²) in [7, 11) is 0. The summed E-state index contributed by atoms with van der Waals surface area (Å²) in [6.07, 6.45) is 5.89. The number of carbonyl (C=O) groups excluding carboxylic acids is 1. The van der Waals surface area contributed by atoms with Gasteiger partial charge in [0.05, 0.1) is 6.20 Å². The maximum absolute atomic E-state index is 13.0. The smallest absolute Gasteiger partial charge is 0.320 e. The molecule has 11 nitrogen and oxygen atoms in total. The highest BCUT2D eigenvalue weighted by atomic mass is 16.2. The molecule has 0 aromatic carbocycles. The minimum absolute atomic E-state index is 0.102. The summed E-state index contributed by atoms with van der Waals surface area (Å²) in [5, 5.41) is 11.1. The molecule has 3 saturated heterocycles. The fraction of sp³-hybridized carbons (Fsp3) is 0.577. The maximum Gasteiger partial charge on any atom is 0.320 e. The first-order valence-electron chi connectivity index (χ1n) is 13.5. The van der Waals surface area contributed by atoms with E-state index in [1.165, 1.54) is 0 Å².